The van der Waals surface area contributed by atoms with Gasteiger partial charge in [-0.05, 0) is 43.4 Å². The Morgan fingerprint density at radius 2 is 1.86 bits per heavy atom. The molecule has 0 amide bonds. The van der Waals surface area contributed by atoms with Gasteiger partial charge in [0, 0.05) is 11.8 Å². The summed E-state index contributed by atoms with van der Waals surface area (Å²) >= 11 is 0. The van der Waals surface area contributed by atoms with Crippen molar-refractivity contribution in [2.45, 2.75) is 52.5 Å². The van der Waals surface area contributed by atoms with E-state index in [1.54, 1.807) is 6.92 Å². The van der Waals surface area contributed by atoms with Crippen LogP contribution in [0.1, 0.15) is 57.2 Å². The van der Waals surface area contributed by atoms with E-state index in [1.165, 1.54) is 11.1 Å². The lowest BCUT2D eigenvalue weighted by Gasteiger charge is -2.21. The lowest BCUT2D eigenvalue weighted by molar-refractivity contribution is 0.489. The van der Waals surface area contributed by atoms with E-state index in [9.17, 15) is 8.42 Å². The Balaban J connectivity index is 2.76. The molecule has 1 unspecified atom stereocenters. The smallest absolute Gasteiger partial charge is 0.150 e. The van der Waals surface area contributed by atoms with Gasteiger partial charge in [0.1, 0.15) is 9.84 Å². The first-order valence-electron chi connectivity index (χ1n) is 8.05. The van der Waals surface area contributed by atoms with Crippen molar-refractivity contribution in [2.75, 3.05) is 18.1 Å². The second-order valence-electron chi connectivity index (χ2n) is 5.44. The van der Waals surface area contributed by atoms with Gasteiger partial charge in [-0.1, -0.05) is 45.0 Å². The monoisotopic (exact) mass is 311 g/mol. The maximum atomic E-state index is 11.6. The molecule has 1 rings (SSSR count). The summed E-state index contributed by atoms with van der Waals surface area (Å²) in [7, 11) is -2.86. The van der Waals surface area contributed by atoms with E-state index in [1.807, 2.05) is 0 Å². The van der Waals surface area contributed by atoms with Crippen LogP contribution in [0.15, 0.2) is 24.3 Å². The van der Waals surface area contributed by atoms with Gasteiger partial charge in [0.15, 0.2) is 0 Å². The van der Waals surface area contributed by atoms with Crippen molar-refractivity contribution in [1.82, 2.24) is 5.32 Å². The first kappa shape index (κ1) is 18.2. The highest BCUT2D eigenvalue weighted by atomic mass is 32.2. The van der Waals surface area contributed by atoms with E-state index < -0.39 is 9.84 Å². The van der Waals surface area contributed by atoms with E-state index in [-0.39, 0.29) is 11.8 Å². The van der Waals surface area contributed by atoms with Gasteiger partial charge in [-0.2, -0.15) is 0 Å². The van der Waals surface area contributed by atoms with Crippen LogP contribution in [-0.4, -0.2) is 26.5 Å². The van der Waals surface area contributed by atoms with Gasteiger partial charge >= 0.3 is 0 Å². The largest absolute Gasteiger partial charge is 0.310 e. The molecule has 0 aliphatic heterocycles. The molecule has 1 N–H and O–H groups in total. The third kappa shape index (κ3) is 6.18. The second-order valence-corrected chi connectivity index (χ2v) is 7.91. The number of sulfone groups is 1. The van der Waals surface area contributed by atoms with Crippen LogP contribution in [0.25, 0.3) is 0 Å². The Bertz CT molecular complexity index is 511. The Hall–Kier alpha value is -0.870. The first-order valence-corrected chi connectivity index (χ1v) is 9.87. The van der Waals surface area contributed by atoms with Crippen LogP contribution in [0.4, 0.5) is 0 Å². The molecular weight excluding hydrogens is 282 g/mol. The van der Waals surface area contributed by atoms with Crippen LogP contribution in [0.2, 0.25) is 0 Å². The lowest BCUT2D eigenvalue weighted by atomic mass is 9.95. The highest BCUT2D eigenvalue weighted by molar-refractivity contribution is 7.91. The van der Waals surface area contributed by atoms with Crippen LogP contribution < -0.4 is 5.32 Å². The Morgan fingerprint density at radius 1 is 1.14 bits per heavy atom. The number of hydrogen-bond donors (Lipinski definition) is 1. The fourth-order valence-electron chi connectivity index (χ4n) is 2.53. The summed E-state index contributed by atoms with van der Waals surface area (Å²) in [6.07, 6.45) is 3.68. The SMILES string of the molecule is CCCNC(CCCS(=O)(=O)CC)c1ccccc1CC. The summed E-state index contributed by atoms with van der Waals surface area (Å²) in [4.78, 5) is 0. The molecule has 0 aromatic heterocycles. The number of rotatable bonds is 10. The molecule has 1 atom stereocenters. The molecule has 0 radical (unpaired) electrons. The van der Waals surface area contributed by atoms with Gasteiger partial charge < -0.3 is 5.32 Å². The third-order valence-corrected chi connectivity index (χ3v) is 5.63. The van der Waals surface area contributed by atoms with Crippen LogP contribution >= 0.6 is 0 Å². The molecule has 1 aromatic carbocycles. The standard InChI is InChI=1S/C17H29NO2S/c1-4-13-18-17(12-9-14-21(19,20)6-3)16-11-8-7-10-15(16)5-2/h7-8,10-11,17-18H,4-6,9,12-14H2,1-3H3. The minimum absolute atomic E-state index is 0.242. The molecule has 0 saturated heterocycles. The fraction of sp³-hybridized carbons (Fsp3) is 0.647. The number of hydrogen-bond acceptors (Lipinski definition) is 3. The molecule has 0 fully saturated rings. The van der Waals surface area contributed by atoms with Gasteiger partial charge in [0.2, 0.25) is 0 Å². The maximum absolute atomic E-state index is 11.6. The van der Waals surface area contributed by atoms with Gasteiger partial charge in [0.25, 0.3) is 0 Å². The summed E-state index contributed by atoms with van der Waals surface area (Å²) in [6, 6.07) is 8.73. The van der Waals surface area contributed by atoms with Crippen molar-refractivity contribution in [3.8, 4) is 0 Å². The molecule has 0 heterocycles. The van der Waals surface area contributed by atoms with Crippen molar-refractivity contribution in [2.24, 2.45) is 0 Å². The van der Waals surface area contributed by atoms with Crippen LogP contribution in [0.5, 0.6) is 0 Å². The van der Waals surface area contributed by atoms with Crippen LogP contribution in [0.3, 0.4) is 0 Å². The highest BCUT2D eigenvalue weighted by Crippen LogP contribution is 2.23. The Morgan fingerprint density at radius 3 is 2.48 bits per heavy atom. The van der Waals surface area contributed by atoms with Crippen molar-refractivity contribution in [3.05, 3.63) is 35.4 Å². The number of benzene rings is 1. The molecule has 0 aliphatic carbocycles. The molecular formula is C17H29NO2S. The maximum Gasteiger partial charge on any atom is 0.150 e. The van der Waals surface area contributed by atoms with E-state index in [2.05, 4.69) is 43.4 Å². The minimum Gasteiger partial charge on any atom is -0.310 e. The lowest BCUT2D eigenvalue weighted by Crippen LogP contribution is -2.24. The number of aryl methyl sites for hydroxylation is 1. The number of nitrogens with one attached hydrogen (secondary N) is 1. The van der Waals surface area contributed by atoms with Crippen LogP contribution in [-0.2, 0) is 16.3 Å². The van der Waals surface area contributed by atoms with Gasteiger partial charge in [-0.3, -0.25) is 0 Å². The first-order chi connectivity index (χ1) is 10.0. The predicted octanol–water partition coefficient (Wildman–Crippen LogP) is 3.50. The molecule has 120 valence electrons. The molecule has 1 aromatic rings. The summed E-state index contributed by atoms with van der Waals surface area (Å²) in [5.41, 5.74) is 2.67. The molecule has 0 bridgehead atoms. The summed E-state index contributed by atoms with van der Waals surface area (Å²) in [5.74, 6) is 0.535. The van der Waals surface area contributed by atoms with Crippen molar-refractivity contribution in [1.29, 1.82) is 0 Å². The predicted molar refractivity (Wildman–Crippen MR) is 90.4 cm³/mol. The molecule has 21 heavy (non-hydrogen) atoms. The van der Waals surface area contributed by atoms with Gasteiger partial charge in [-0.15, -0.1) is 0 Å². The molecule has 4 heteroatoms. The van der Waals surface area contributed by atoms with Crippen molar-refractivity contribution in [3.63, 3.8) is 0 Å². The summed E-state index contributed by atoms with van der Waals surface area (Å²) in [5, 5.41) is 3.57. The van der Waals surface area contributed by atoms with E-state index in [0.717, 1.165) is 32.2 Å². The molecule has 0 aliphatic rings. The molecule has 3 nitrogen and oxygen atoms in total. The van der Waals surface area contributed by atoms with Crippen molar-refractivity contribution >= 4 is 9.84 Å². The van der Waals surface area contributed by atoms with E-state index >= 15 is 0 Å². The Labute approximate surface area is 130 Å². The van der Waals surface area contributed by atoms with Crippen LogP contribution in [0, 0.1) is 0 Å². The quantitative estimate of drug-likeness (QED) is 0.719. The third-order valence-electron chi connectivity index (χ3n) is 3.84. The normalized spacial score (nSPS) is 13.3. The van der Waals surface area contributed by atoms with Crippen molar-refractivity contribution < 1.29 is 8.42 Å². The highest BCUT2D eigenvalue weighted by Gasteiger charge is 2.15. The zero-order chi connectivity index (χ0) is 15.7. The topological polar surface area (TPSA) is 46.2 Å². The average molecular weight is 311 g/mol. The minimum atomic E-state index is -2.86. The summed E-state index contributed by atoms with van der Waals surface area (Å²) < 4.78 is 23.3. The molecule has 0 spiro atoms. The zero-order valence-electron chi connectivity index (χ0n) is 13.6. The zero-order valence-corrected chi connectivity index (χ0v) is 14.4. The Kier molecular flexibility index (Phi) is 7.97. The van der Waals surface area contributed by atoms with Gasteiger partial charge in [0.05, 0.1) is 5.75 Å². The average Bonchev–Trinajstić information content (AvgIpc) is 2.50. The second kappa shape index (κ2) is 9.21. The van der Waals surface area contributed by atoms with E-state index in [0.29, 0.717) is 5.75 Å². The molecule has 0 saturated carbocycles. The van der Waals surface area contributed by atoms with Gasteiger partial charge in [-0.25, -0.2) is 8.42 Å². The summed E-state index contributed by atoms with van der Waals surface area (Å²) in [6.45, 7) is 6.99. The van der Waals surface area contributed by atoms with E-state index in [4.69, 9.17) is 0 Å². The fourth-order valence-corrected chi connectivity index (χ4v) is 3.43.